The summed E-state index contributed by atoms with van der Waals surface area (Å²) in [5.41, 5.74) is 2.13. The molecule has 1 amide bonds. The second-order valence-corrected chi connectivity index (χ2v) is 9.53. The number of halogens is 4. The molecule has 0 bridgehead atoms. The first-order chi connectivity index (χ1) is 17.7. The number of benzene rings is 2. The number of aliphatic imine (C=N–C) groups is 1. The lowest BCUT2D eigenvalue weighted by Crippen LogP contribution is -2.22. The lowest BCUT2D eigenvalue weighted by atomic mass is 9.82. The van der Waals surface area contributed by atoms with Crippen LogP contribution >= 0.6 is 11.6 Å². The molecule has 10 heteroatoms. The van der Waals surface area contributed by atoms with Crippen LogP contribution < -0.4 is 15.4 Å². The number of hydrogen-bond acceptors (Lipinski definition) is 5. The standard InChI is InChI=1S/C27H24ClF3N4O2/c28-23-6-4-19(14-22(23)27(29,30)31)35-25(36)12-16-1-2-17-3-5-20(13-18(17)11-16)37-21-7-8-32-24(15-21)26-33-9-10-34-26/h3-8,13-16H,1-2,9-12H2,(H,33,34)(H,35,36). The van der Waals surface area contributed by atoms with Crippen LogP contribution in [0.5, 0.6) is 11.5 Å². The highest BCUT2D eigenvalue weighted by molar-refractivity contribution is 6.31. The lowest BCUT2D eigenvalue weighted by molar-refractivity contribution is -0.137. The number of nitrogens with one attached hydrogen (secondary N) is 2. The van der Waals surface area contributed by atoms with E-state index in [9.17, 15) is 18.0 Å². The number of carbonyl (C=O) groups is 1. The minimum Gasteiger partial charge on any atom is -0.457 e. The zero-order valence-electron chi connectivity index (χ0n) is 19.7. The van der Waals surface area contributed by atoms with Crippen LogP contribution in [-0.4, -0.2) is 29.8 Å². The molecule has 1 unspecified atom stereocenters. The molecule has 6 nitrogen and oxygen atoms in total. The van der Waals surface area contributed by atoms with E-state index in [4.69, 9.17) is 16.3 Å². The molecule has 2 N–H and O–H groups in total. The van der Waals surface area contributed by atoms with Gasteiger partial charge in [-0.25, -0.2) is 0 Å². The maximum Gasteiger partial charge on any atom is 0.417 e. The molecule has 2 heterocycles. The van der Waals surface area contributed by atoms with Crippen molar-refractivity contribution in [2.45, 2.75) is 31.9 Å². The molecule has 0 radical (unpaired) electrons. The van der Waals surface area contributed by atoms with E-state index in [1.165, 1.54) is 11.6 Å². The van der Waals surface area contributed by atoms with Gasteiger partial charge < -0.3 is 15.4 Å². The summed E-state index contributed by atoms with van der Waals surface area (Å²) in [6, 6.07) is 12.9. The van der Waals surface area contributed by atoms with Crippen molar-refractivity contribution < 1.29 is 22.7 Å². The molecule has 1 aliphatic heterocycles. The number of aryl methyl sites for hydroxylation is 1. The second kappa shape index (κ2) is 10.4. The highest BCUT2D eigenvalue weighted by atomic mass is 35.5. The largest absolute Gasteiger partial charge is 0.457 e. The Morgan fingerprint density at radius 1 is 1.11 bits per heavy atom. The van der Waals surface area contributed by atoms with Crippen LogP contribution in [0.2, 0.25) is 5.02 Å². The summed E-state index contributed by atoms with van der Waals surface area (Å²) >= 11 is 5.67. The van der Waals surface area contributed by atoms with E-state index in [1.54, 1.807) is 12.3 Å². The third-order valence-corrected chi connectivity index (χ3v) is 6.75. The number of fused-ring (bicyclic) bond motifs is 1. The van der Waals surface area contributed by atoms with E-state index in [1.807, 2.05) is 24.3 Å². The average molecular weight is 529 g/mol. The molecule has 2 aliphatic rings. The number of hydrogen-bond donors (Lipinski definition) is 2. The first-order valence-electron chi connectivity index (χ1n) is 12.0. The smallest absolute Gasteiger partial charge is 0.417 e. The molecule has 1 aromatic heterocycles. The van der Waals surface area contributed by atoms with E-state index >= 15 is 0 Å². The molecule has 192 valence electrons. The molecule has 2 aromatic carbocycles. The van der Waals surface area contributed by atoms with Gasteiger partial charge in [0.05, 0.1) is 17.1 Å². The minimum atomic E-state index is -4.59. The lowest BCUT2D eigenvalue weighted by Gasteiger charge is -2.25. The maximum absolute atomic E-state index is 13.1. The summed E-state index contributed by atoms with van der Waals surface area (Å²) in [6.07, 6.45) is -0.397. The van der Waals surface area contributed by atoms with Gasteiger partial charge in [-0.3, -0.25) is 14.8 Å². The van der Waals surface area contributed by atoms with Gasteiger partial charge in [0.15, 0.2) is 0 Å². The van der Waals surface area contributed by atoms with Crippen LogP contribution in [0.25, 0.3) is 0 Å². The van der Waals surface area contributed by atoms with E-state index in [0.717, 1.165) is 55.2 Å². The van der Waals surface area contributed by atoms with Crippen molar-refractivity contribution in [1.29, 1.82) is 0 Å². The third kappa shape index (κ3) is 6.05. The fraction of sp³-hybridized carbons (Fsp3) is 0.296. The Morgan fingerprint density at radius 2 is 1.95 bits per heavy atom. The van der Waals surface area contributed by atoms with Crippen molar-refractivity contribution in [3.05, 3.63) is 82.1 Å². The van der Waals surface area contributed by atoms with E-state index in [-0.39, 0.29) is 23.9 Å². The highest BCUT2D eigenvalue weighted by Gasteiger charge is 2.33. The van der Waals surface area contributed by atoms with Crippen molar-refractivity contribution >= 4 is 29.0 Å². The summed E-state index contributed by atoms with van der Waals surface area (Å²) in [5.74, 6) is 1.82. The van der Waals surface area contributed by atoms with Crippen molar-refractivity contribution in [3.8, 4) is 11.5 Å². The van der Waals surface area contributed by atoms with Gasteiger partial charge in [0.2, 0.25) is 5.91 Å². The Balaban J connectivity index is 1.22. The number of nitrogens with zero attached hydrogens (tertiary/aromatic N) is 2. The number of ether oxygens (including phenoxy) is 1. The molecule has 0 saturated carbocycles. The number of aromatic nitrogens is 1. The van der Waals surface area contributed by atoms with E-state index in [2.05, 4.69) is 20.6 Å². The summed E-state index contributed by atoms with van der Waals surface area (Å²) in [7, 11) is 0. The molecule has 0 saturated heterocycles. The zero-order valence-corrected chi connectivity index (χ0v) is 20.5. The number of anilines is 1. The molecule has 1 aliphatic carbocycles. The fourth-order valence-corrected chi connectivity index (χ4v) is 4.88. The van der Waals surface area contributed by atoms with Gasteiger partial charge in [0.1, 0.15) is 23.0 Å². The summed E-state index contributed by atoms with van der Waals surface area (Å²) in [4.78, 5) is 21.4. The average Bonchev–Trinajstić information content (AvgIpc) is 3.40. The SMILES string of the molecule is O=C(CC1CCc2ccc(Oc3ccnc(C4=NCCN4)c3)cc2C1)Nc1ccc(Cl)c(C(F)(F)F)c1. The van der Waals surface area contributed by atoms with E-state index < -0.39 is 16.8 Å². The van der Waals surface area contributed by atoms with Crippen molar-refractivity contribution in [1.82, 2.24) is 10.3 Å². The van der Waals surface area contributed by atoms with Crippen LogP contribution in [-0.2, 0) is 23.8 Å². The molecular weight excluding hydrogens is 505 g/mol. The van der Waals surface area contributed by atoms with Crippen LogP contribution in [0.4, 0.5) is 18.9 Å². The van der Waals surface area contributed by atoms with Crippen molar-refractivity contribution in [2.24, 2.45) is 10.9 Å². The highest BCUT2D eigenvalue weighted by Crippen LogP contribution is 2.36. The topological polar surface area (TPSA) is 75.6 Å². The Bertz CT molecular complexity index is 1360. The van der Waals surface area contributed by atoms with Gasteiger partial charge in [-0.05, 0) is 72.7 Å². The second-order valence-electron chi connectivity index (χ2n) is 9.12. The number of alkyl halides is 3. The van der Waals surface area contributed by atoms with Gasteiger partial charge >= 0.3 is 6.18 Å². The molecule has 0 fully saturated rings. The molecule has 1 atom stereocenters. The zero-order chi connectivity index (χ0) is 26.0. The Hall–Kier alpha value is -3.59. The first-order valence-corrected chi connectivity index (χ1v) is 12.3. The number of amidine groups is 1. The summed E-state index contributed by atoms with van der Waals surface area (Å²) in [6.45, 7) is 1.51. The van der Waals surface area contributed by atoms with Crippen LogP contribution in [0.1, 0.15) is 35.2 Å². The number of amides is 1. The minimum absolute atomic E-state index is 0.0658. The van der Waals surface area contributed by atoms with Crippen molar-refractivity contribution in [3.63, 3.8) is 0 Å². The van der Waals surface area contributed by atoms with Crippen LogP contribution in [0.15, 0.2) is 59.7 Å². The number of pyridine rings is 1. The number of carbonyl (C=O) groups excluding carboxylic acids is 1. The third-order valence-electron chi connectivity index (χ3n) is 6.42. The Labute approximate surface area is 216 Å². The van der Waals surface area contributed by atoms with Crippen LogP contribution in [0.3, 0.4) is 0 Å². The molecule has 37 heavy (non-hydrogen) atoms. The van der Waals surface area contributed by atoms with Gasteiger partial charge in [-0.15, -0.1) is 0 Å². The predicted molar refractivity (Wildman–Crippen MR) is 135 cm³/mol. The maximum atomic E-state index is 13.1. The van der Waals surface area contributed by atoms with Crippen LogP contribution in [0, 0.1) is 5.92 Å². The van der Waals surface area contributed by atoms with Gasteiger partial charge in [0.25, 0.3) is 0 Å². The Kier molecular flexibility index (Phi) is 7.06. The fourth-order valence-electron chi connectivity index (χ4n) is 4.65. The van der Waals surface area contributed by atoms with Gasteiger partial charge in [0, 0.05) is 30.9 Å². The van der Waals surface area contributed by atoms with Gasteiger partial charge in [-0.1, -0.05) is 17.7 Å². The number of rotatable bonds is 6. The van der Waals surface area contributed by atoms with Crippen molar-refractivity contribution in [2.75, 3.05) is 18.4 Å². The summed E-state index contributed by atoms with van der Waals surface area (Å²) in [5, 5.41) is 5.37. The normalized spacial score (nSPS) is 17.0. The van der Waals surface area contributed by atoms with Gasteiger partial charge in [-0.2, -0.15) is 13.2 Å². The molecule has 5 rings (SSSR count). The molecule has 3 aromatic rings. The first kappa shape index (κ1) is 25.1. The molecular formula is C27H24ClF3N4O2. The summed E-state index contributed by atoms with van der Waals surface area (Å²) < 4.78 is 45.4. The predicted octanol–water partition coefficient (Wildman–Crippen LogP) is 6.03. The Morgan fingerprint density at radius 3 is 2.73 bits per heavy atom. The van der Waals surface area contributed by atoms with E-state index in [0.29, 0.717) is 17.9 Å². The quantitative estimate of drug-likeness (QED) is 0.409. The monoisotopic (exact) mass is 528 g/mol. The molecule has 0 spiro atoms.